The number of aliphatic hydroxyl groups excluding tert-OH is 2. The predicted molar refractivity (Wildman–Crippen MR) is 108 cm³/mol. The van der Waals surface area contributed by atoms with Gasteiger partial charge in [-0.3, -0.25) is 5.32 Å². The van der Waals surface area contributed by atoms with E-state index in [1.54, 1.807) is 35.9 Å². The van der Waals surface area contributed by atoms with Gasteiger partial charge in [-0.25, -0.2) is 9.48 Å². The van der Waals surface area contributed by atoms with E-state index >= 15 is 0 Å². The summed E-state index contributed by atoms with van der Waals surface area (Å²) >= 11 is 0. The minimum atomic E-state index is -0.661. The van der Waals surface area contributed by atoms with E-state index in [2.05, 4.69) is 10.4 Å². The monoisotopic (exact) mass is 397 g/mol. The number of nitrogens with zero attached hydrogens (tertiary/aromatic N) is 2. The Labute approximate surface area is 168 Å². The minimum absolute atomic E-state index is 0.0908. The van der Waals surface area contributed by atoms with Gasteiger partial charge in [-0.15, -0.1) is 5.10 Å². The molecule has 0 aliphatic carbocycles. The molecule has 0 atom stereocenters. The second-order valence-electron chi connectivity index (χ2n) is 6.40. The van der Waals surface area contributed by atoms with Gasteiger partial charge in [-0.1, -0.05) is 36.4 Å². The van der Waals surface area contributed by atoms with Crippen LogP contribution < -0.4 is 14.8 Å². The highest BCUT2D eigenvalue weighted by Gasteiger charge is 2.20. The normalized spacial score (nSPS) is 10.8. The molecule has 8 nitrogen and oxygen atoms in total. The van der Waals surface area contributed by atoms with E-state index in [1.807, 2.05) is 36.4 Å². The van der Waals surface area contributed by atoms with Gasteiger partial charge in [-0.05, 0) is 31.2 Å². The molecule has 152 valence electrons. The Balaban J connectivity index is 1.86. The first-order valence-corrected chi connectivity index (χ1v) is 9.15. The number of aliphatic hydroxyl groups is 2. The topological polar surface area (TPSA) is 106 Å². The zero-order valence-corrected chi connectivity index (χ0v) is 16.0. The van der Waals surface area contributed by atoms with Crippen molar-refractivity contribution >= 4 is 11.9 Å². The number of hydrogen-bond acceptors (Lipinski definition) is 6. The molecule has 0 aliphatic heterocycles. The Bertz CT molecular complexity index is 924. The molecular formula is C21H23N3O5. The van der Waals surface area contributed by atoms with Crippen molar-refractivity contribution in [1.82, 2.24) is 9.78 Å². The smallest absolute Gasteiger partial charge is 0.418 e. The summed E-state index contributed by atoms with van der Waals surface area (Å²) in [5.41, 5.74) is 1.31. The summed E-state index contributed by atoms with van der Waals surface area (Å²) in [6, 6.07) is 18.0. The number of rotatable bonds is 8. The van der Waals surface area contributed by atoms with Gasteiger partial charge in [0.05, 0.1) is 31.1 Å². The zero-order chi connectivity index (χ0) is 20.6. The molecule has 1 amide bonds. The van der Waals surface area contributed by atoms with Gasteiger partial charge in [0.25, 0.3) is 0 Å². The van der Waals surface area contributed by atoms with Gasteiger partial charge in [0, 0.05) is 5.92 Å². The number of amides is 1. The molecule has 0 saturated heterocycles. The van der Waals surface area contributed by atoms with Crippen LogP contribution in [0.2, 0.25) is 0 Å². The molecule has 0 unspecified atom stereocenters. The first kappa shape index (κ1) is 20.4. The van der Waals surface area contributed by atoms with Crippen LogP contribution in [0.25, 0.3) is 5.69 Å². The highest BCUT2D eigenvalue weighted by Crippen LogP contribution is 2.29. The summed E-state index contributed by atoms with van der Waals surface area (Å²) in [5.74, 6) is 0.682. The van der Waals surface area contributed by atoms with Crippen molar-refractivity contribution in [2.24, 2.45) is 5.92 Å². The Hall–Kier alpha value is -3.36. The number of nitrogens with one attached hydrogen (secondary N) is 1. The fourth-order valence-corrected chi connectivity index (χ4v) is 2.59. The lowest BCUT2D eigenvalue weighted by Gasteiger charge is -2.11. The second kappa shape index (κ2) is 9.72. The van der Waals surface area contributed by atoms with Crippen LogP contribution in [0.1, 0.15) is 5.56 Å². The number of benzene rings is 2. The minimum Gasteiger partial charge on any atom is -0.476 e. The average Bonchev–Trinajstić information content (AvgIpc) is 3.05. The Kier molecular flexibility index (Phi) is 6.83. The molecular weight excluding hydrogens is 374 g/mol. The second-order valence-corrected chi connectivity index (χ2v) is 6.40. The summed E-state index contributed by atoms with van der Waals surface area (Å²) in [5, 5.41) is 25.6. The molecule has 3 aromatic rings. The first-order valence-electron chi connectivity index (χ1n) is 9.15. The molecule has 0 bridgehead atoms. The molecule has 0 spiro atoms. The summed E-state index contributed by atoms with van der Waals surface area (Å²) in [7, 11) is 0. The molecule has 8 heteroatoms. The van der Waals surface area contributed by atoms with E-state index in [0.29, 0.717) is 17.1 Å². The largest absolute Gasteiger partial charge is 0.476 e. The van der Waals surface area contributed by atoms with Crippen LogP contribution in [-0.2, 0) is 0 Å². The van der Waals surface area contributed by atoms with E-state index in [-0.39, 0.29) is 25.7 Å². The Morgan fingerprint density at radius 3 is 2.31 bits per heavy atom. The van der Waals surface area contributed by atoms with Crippen LogP contribution in [0, 0.1) is 12.8 Å². The Morgan fingerprint density at radius 2 is 1.69 bits per heavy atom. The van der Waals surface area contributed by atoms with Gasteiger partial charge >= 0.3 is 6.09 Å². The lowest BCUT2D eigenvalue weighted by Crippen LogP contribution is -2.20. The van der Waals surface area contributed by atoms with E-state index in [1.165, 1.54) is 0 Å². The van der Waals surface area contributed by atoms with Crippen molar-refractivity contribution in [3.8, 4) is 17.3 Å². The molecule has 0 fully saturated rings. The van der Waals surface area contributed by atoms with E-state index in [4.69, 9.17) is 9.47 Å². The van der Waals surface area contributed by atoms with E-state index in [0.717, 1.165) is 5.69 Å². The summed E-state index contributed by atoms with van der Waals surface area (Å²) in [4.78, 5) is 12.4. The van der Waals surface area contributed by atoms with E-state index in [9.17, 15) is 15.0 Å². The zero-order valence-electron chi connectivity index (χ0n) is 16.0. The third-order valence-electron chi connectivity index (χ3n) is 4.23. The molecule has 0 radical (unpaired) electrons. The Morgan fingerprint density at radius 1 is 1.07 bits per heavy atom. The number of ether oxygens (including phenoxy) is 2. The fourth-order valence-electron chi connectivity index (χ4n) is 2.59. The highest BCUT2D eigenvalue weighted by atomic mass is 16.6. The third-order valence-corrected chi connectivity index (χ3v) is 4.23. The number of hydrogen-bond donors (Lipinski definition) is 3. The molecule has 3 rings (SSSR count). The summed E-state index contributed by atoms with van der Waals surface area (Å²) in [6.45, 7) is 1.44. The van der Waals surface area contributed by atoms with Crippen molar-refractivity contribution in [2.45, 2.75) is 6.92 Å². The number of aromatic nitrogens is 2. The molecule has 0 saturated carbocycles. The summed E-state index contributed by atoms with van der Waals surface area (Å²) < 4.78 is 12.5. The van der Waals surface area contributed by atoms with Crippen molar-refractivity contribution < 1.29 is 24.5 Å². The van der Waals surface area contributed by atoms with Crippen LogP contribution in [0.5, 0.6) is 11.6 Å². The van der Waals surface area contributed by atoms with Crippen LogP contribution in [0.4, 0.5) is 10.6 Å². The third kappa shape index (κ3) is 5.13. The lowest BCUT2D eigenvalue weighted by molar-refractivity contribution is 0.104. The van der Waals surface area contributed by atoms with Crippen molar-refractivity contribution in [1.29, 1.82) is 0 Å². The van der Waals surface area contributed by atoms with Crippen LogP contribution in [-0.4, -0.2) is 45.9 Å². The number of carbonyl (C=O) groups excluding carboxylic acids is 1. The van der Waals surface area contributed by atoms with Crippen LogP contribution >= 0.6 is 0 Å². The number of para-hydroxylation sites is 2. The van der Waals surface area contributed by atoms with Crippen LogP contribution in [0.3, 0.4) is 0 Å². The number of carbonyl (C=O) groups is 1. The molecule has 1 heterocycles. The molecule has 2 aromatic carbocycles. The first-order chi connectivity index (χ1) is 14.1. The SMILES string of the molecule is Cc1c(OCC(CO)CO)nn(-c2ccccc2)c1NC(=O)Oc1ccccc1. The highest BCUT2D eigenvalue weighted by molar-refractivity contribution is 5.87. The lowest BCUT2D eigenvalue weighted by atomic mass is 10.2. The molecule has 0 aliphatic rings. The van der Waals surface area contributed by atoms with Gasteiger partial charge in [0.15, 0.2) is 0 Å². The molecule has 1 aromatic heterocycles. The summed E-state index contributed by atoms with van der Waals surface area (Å²) in [6.07, 6.45) is -0.661. The quantitative estimate of drug-likeness (QED) is 0.540. The maximum absolute atomic E-state index is 12.4. The standard InChI is InChI=1S/C21H23N3O5/c1-15-19(22-21(27)29-18-10-6-3-7-11-18)24(17-8-4-2-5-9-17)23-20(15)28-14-16(12-25)13-26/h2-11,16,25-26H,12-14H2,1H3,(H,22,27). The molecule has 29 heavy (non-hydrogen) atoms. The average molecular weight is 397 g/mol. The van der Waals surface area contributed by atoms with Gasteiger partial charge in [-0.2, -0.15) is 0 Å². The fraction of sp³-hybridized carbons (Fsp3) is 0.238. The van der Waals surface area contributed by atoms with E-state index < -0.39 is 12.0 Å². The molecule has 3 N–H and O–H groups in total. The van der Waals surface area contributed by atoms with Gasteiger partial charge in [0.1, 0.15) is 11.6 Å². The predicted octanol–water partition coefficient (Wildman–Crippen LogP) is 2.77. The van der Waals surface area contributed by atoms with Crippen molar-refractivity contribution in [2.75, 3.05) is 25.1 Å². The number of anilines is 1. The van der Waals surface area contributed by atoms with Gasteiger partial charge < -0.3 is 19.7 Å². The van der Waals surface area contributed by atoms with Crippen LogP contribution in [0.15, 0.2) is 60.7 Å². The van der Waals surface area contributed by atoms with Crippen molar-refractivity contribution in [3.05, 3.63) is 66.2 Å². The maximum atomic E-state index is 12.4. The van der Waals surface area contributed by atoms with Gasteiger partial charge in [0.2, 0.25) is 5.88 Å². The maximum Gasteiger partial charge on any atom is 0.418 e. The van der Waals surface area contributed by atoms with Crippen molar-refractivity contribution in [3.63, 3.8) is 0 Å².